The molecule has 0 bridgehead atoms. The molecule has 0 radical (unpaired) electrons. The molecule has 10 heteroatoms. The molecule has 1 aromatic rings. The molecule has 0 saturated carbocycles. The number of allylic oxidation sites excluding steroid dienone is 1. The summed E-state index contributed by atoms with van der Waals surface area (Å²) in [6.45, 7) is 12.3. The highest BCUT2D eigenvalue weighted by Crippen LogP contribution is 2.38. The molecule has 0 spiro atoms. The number of carboxylic acid groups (broad SMARTS) is 1. The molecule has 5 rings (SSSR count). The van der Waals surface area contributed by atoms with E-state index in [9.17, 15) is 24.6 Å². The molecule has 0 aliphatic carbocycles. The van der Waals surface area contributed by atoms with Crippen molar-refractivity contribution >= 4 is 29.9 Å². The Morgan fingerprint density at radius 3 is 2.43 bits per heavy atom. The Kier molecular flexibility index (Phi) is 8.98. The highest BCUT2D eigenvalue weighted by atomic mass is 16.7. The zero-order chi connectivity index (χ0) is 31.9. The van der Waals surface area contributed by atoms with Crippen LogP contribution in [0.25, 0.3) is 12.2 Å². The Balaban J connectivity index is 1.55. The second-order valence-electron chi connectivity index (χ2n) is 12.6. The minimum Gasteiger partial charge on any atom is -0.481 e. The van der Waals surface area contributed by atoms with Gasteiger partial charge in [0.05, 0.1) is 6.04 Å². The molecule has 4 aliphatic heterocycles. The van der Waals surface area contributed by atoms with Crippen LogP contribution in [-0.4, -0.2) is 57.5 Å². The third-order valence-electron chi connectivity index (χ3n) is 9.81. The van der Waals surface area contributed by atoms with Crippen LogP contribution in [0.3, 0.4) is 0 Å². The summed E-state index contributed by atoms with van der Waals surface area (Å²) >= 11 is 0. The molecular weight excluding hydrogens is 560 g/mol. The summed E-state index contributed by atoms with van der Waals surface area (Å²) in [5.74, 6) is -1.94. The van der Waals surface area contributed by atoms with Gasteiger partial charge in [-0.3, -0.25) is 14.4 Å². The molecule has 2 saturated heterocycles. The van der Waals surface area contributed by atoms with Gasteiger partial charge < -0.3 is 35.9 Å². The zero-order valence-corrected chi connectivity index (χ0v) is 26.5. The first-order valence-electron chi connectivity index (χ1n) is 15.7. The van der Waals surface area contributed by atoms with Crippen molar-refractivity contribution in [3.63, 3.8) is 0 Å². The minimum absolute atomic E-state index is 0.0160. The van der Waals surface area contributed by atoms with Gasteiger partial charge in [0.1, 0.15) is 6.61 Å². The number of ether oxygens (including phenoxy) is 1. The fourth-order valence-electron chi connectivity index (χ4n) is 6.80. The van der Waals surface area contributed by atoms with Gasteiger partial charge in [-0.1, -0.05) is 50.7 Å². The van der Waals surface area contributed by atoms with Gasteiger partial charge in [0.25, 0.3) is 0 Å². The number of hydrogen-bond donors (Lipinski definition) is 6. The monoisotopic (exact) mass is 605 g/mol. The summed E-state index contributed by atoms with van der Waals surface area (Å²) in [5, 5.41) is 31.3. The highest BCUT2D eigenvalue weighted by molar-refractivity contribution is 5.98. The van der Waals surface area contributed by atoms with E-state index in [-0.39, 0.29) is 42.2 Å². The van der Waals surface area contributed by atoms with Crippen molar-refractivity contribution in [1.82, 2.24) is 20.9 Å². The van der Waals surface area contributed by atoms with E-state index in [4.69, 9.17) is 4.74 Å². The largest absolute Gasteiger partial charge is 0.481 e. The first-order valence-corrected chi connectivity index (χ1v) is 15.7. The zero-order valence-electron chi connectivity index (χ0n) is 26.5. The maximum absolute atomic E-state index is 12.5. The Hall–Kier alpha value is -3.60. The van der Waals surface area contributed by atoms with Crippen LogP contribution >= 0.6 is 0 Å². The Labute approximate surface area is 258 Å². The molecule has 5 atom stereocenters. The van der Waals surface area contributed by atoms with Gasteiger partial charge in [0.15, 0.2) is 5.79 Å². The van der Waals surface area contributed by atoms with E-state index < -0.39 is 11.8 Å². The molecule has 4 aliphatic rings. The van der Waals surface area contributed by atoms with Crippen molar-refractivity contribution in [2.24, 2.45) is 11.8 Å². The summed E-state index contributed by atoms with van der Waals surface area (Å²) in [7, 11) is 0. The van der Waals surface area contributed by atoms with Crippen molar-refractivity contribution in [3.05, 3.63) is 61.9 Å². The lowest BCUT2D eigenvalue weighted by Crippen LogP contribution is -2.29. The molecule has 0 aromatic carbocycles. The van der Waals surface area contributed by atoms with Crippen molar-refractivity contribution in [2.45, 2.75) is 97.9 Å². The van der Waals surface area contributed by atoms with Gasteiger partial charge in [-0.2, -0.15) is 0 Å². The lowest BCUT2D eigenvalue weighted by molar-refractivity contribution is -0.137. The number of aromatic nitrogens is 1. The first-order chi connectivity index (χ1) is 20.9. The molecular formula is C34H45N4O6-. The third kappa shape index (κ3) is 6.29. The number of hydrogen-bond acceptors (Lipinski definition) is 6. The fraction of sp³-hybridized carbons (Fsp3) is 0.529. The van der Waals surface area contributed by atoms with Crippen molar-refractivity contribution in [1.29, 1.82) is 0 Å². The van der Waals surface area contributed by atoms with Crippen molar-refractivity contribution in [2.75, 3.05) is 6.61 Å². The lowest BCUT2D eigenvalue weighted by Gasteiger charge is -2.22. The standard InChI is InChI=1S/C34H45N4O6/c1-7-21-20(6)32(41)38-28(21)14-26-19(5)24(11-12-34(43)16-44-34)30(36-26)15-29-23(9-10-31(39)40)18(4)25(35-29)13-27-17(3)22(8-2)33(42)37-27/h13-15,20-21,26-27,35-36,43H,7-12,16H2,1-6H3,(H,37,42)(H,38,41)(H,39,40)/q-1/b25-13+,28-14-,29-15-/t20-,21-,26?,27?,34+/m1/s1. The van der Waals surface area contributed by atoms with Crippen LogP contribution in [-0.2, 0) is 25.5 Å². The number of aliphatic carboxylic acids is 1. The van der Waals surface area contributed by atoms with Crippen LogP contribution in [0, 0.1) is 24.8 Å². The number of carboxylic acids is 1. The predicted octanol–water partition coefficient (Wildman–Crippen LogP) is 2.12. The summed E-state index contributed by atoms with van der Waals surface area (Å²) in [4.78, 5) is 40.0. The average molecular weight is 606 g/mol. The van der Waals surface area contributed by atoms with Gasteiger partial charge in [0, 0.05) is 41.3 Å². The van der Waals surface area contributed by atoms with Gasteiger partial charge in [-0.15, -0.1) is 17.2 Å². The van der Waals surface area contributed by atoms with Gasteiger partial charge in [0.2, 0.25) is 11.8 Å². The van der Waals surface area contributed by atoms with Gasteiger partial charge in [-0.05, 0) is 62.8 Å². The number of H-pyrrole nitrogens is 1. The normalized spacial score (nSPS) is 30.3. The van der Waals surface area contributed by atoms with Crippen LogP contribution in [0.5, 0.6) is 0 Å². The maximum Gasteiger partial charge on any atom is 0.303 e. The van der Waals surface area contributed by atoms with E-state index in [1.165, 1.54) is 0 Å². The fourth-order valence-corrected chi connectivity index (χ4v) is 6.80. The summed E-state index contributed by atoms with van der Waals surface area (Å²) in [6, 6.07) is 0.483. The number of aliphatic hydroxyl groups is 1. The van der Waals surface area contributed by atoms with Crippen LogP contribution in [0.2, 0.25) is 0 Å². The predicted molar refractivity (Wildman–Crippen MR) is 167 cm³/mol. The number of amides is 2. The first kappa shape index (κ1) is 31.8. The second-order valence-corrected chi connectivity index (χ2v) is 12.6. The van der Waals surface area contributed by atoms with Gasteiger partial charge in [-0.25, -0.2) is 0 Å². The summed E-state index contributed by atoms with van der Waals surface area (Å²) in [5.41, 5.74) is 6.71. The number of epoxide rings is 1. The van der Waals surface area contributed by atoms with Crippen LogP contribution in [0.1, 0.15) is 77.8 Å². The van der Waals surface area contributed by atoms with Crippen molar-refractivity contribution in [3.8, 4) is 0 Å². The molecule has 44 heavy (non-hydrogen) atoms. The van der Waals surface area contributed by atoms with Crippen LogP contribution in [0.4, 0.5) is 0 Å². The molecule has 10 nitrogen and oxygen atoms in total. The van der Waals surface area contributed by atoms with Crippen LogP contribution in [0.15, 0.2) is 34.1 Å². The van der Waals surface area contributed by atoms with E-state index in [1.54, 1.807) is 0 Å². The third-order valence-corrected chi connectivity index (χ3v) is 9.81. The maximum atomic E-state index is 12.5. The number of carbonyl (C=O) groups excluding carboxylic acids is 2. The minimum atomic E-state index is -1.09. The second kappa shape index (κ2) is 12.4. The highest BCUT2D eigenvalue weighted by Gasteiger charge is 2.42. The smallest absolute Gasteiger partial charge is 0.303 e. The van der Waals surface area contributed by atoms with E-state index in [0.29, 0.717) is 32.3 Å². The molecule has 6 N–H and O–H groups in total. The lowest BCUT2D eigenvalue weighted by atomic mass is 9.91. The molecule has 2 fully saturated rings. The molecule has 2 amide bonds. The number of rotatable bonds is 11. The average Bonchev–Trinajstić information content (AvgIpc) is 3.27. The Morgan fingerprint density at radius 1 is 1.09 bits per heavy atom. The van der Waals surface area contributed by atoms with Crippen molar-refractivity contribution < 1.29 is 29.3 Å². The number of nitrogens with one attached hydrogen (secondary N) is 4. The quantitative estimate of drug-likeness (QED) is 0.167. The van der Waals surface area contributed by atoms with Crippen LogP contribution < -0.4 is 26.6 Å². The Morgan fingerprint density at radius 2 is 1.82 bits per heavy atom. The molecule has 1 aromatic heterocycles. The Bertz CT molecular complexity index is 1580. The van der Waals surface area contributed by atoms with E-state index in [0.717, 1.165) is 62.3 Å². The van der Waals surface area contributed by atoms with E-state index >= 15 is 0 Å². The number of carbonyl (C=O) groups is 3. The molecule has 5 heterocycles. The van der Waals surface area contributed by atoms with Gasteiger partial charge >= 0.3 is 5.97 Å². The number of aromatic amines is 1. The molecule has 238 valence electrons. The molecule has 2 unspecified atom stereocenters. The topological polar surface area (TPSA) is 156 Å². The van der Waals surface area contributed by atoms with E-state index in [2.05, 4.69) is 40.9 Å². The SMILES string of the molecule is CCC1=C(C)C(/C=c2/[nH]/c(=C\[C-]3NC(/C=C4\NC(=O)[C@H](C)[C@H]4CC)C(C)=C3CC[C@@]3(O)CO3)c(CCC(=O)O)c2C)NC1=O. The van der Waals surface area contributed by atoms with E-state index in [1.807, 2.05) is 39.8 Å². The summed E-state index contributed by atoms with van der Waals surface area (Å²) < 4.78 is 5.25. The summed E-state index contributed by atoms with van der Waals surface area (Å²) in [6.07, 6.45) is 9.01.